The summed E-state index contributed by atoms with van der Waals surface area (Å²) in [5.41, 5.74) is 0. The van der Waals surface area contributed by atoms with E-state index in [4.69, 9.17) is 5.11 Å². The van der Waals surface area contributed by atoms with Crippen LogP contribution in [0.1, 0.15) is 45.4 Å². The molecular weight excluding hydrogens is 162 g/mol. The van der Waals surface area contributed by atoms with E-state index in [9.17, 15) is 0 Å². The molecule has 0 fully saturated rings. The number of hydrogen-bond acceptors (Lipinski definition) is 2. The lowest BCUT2D eigenvalue weighted by molar-refractivity contribution is 0.198. The van der Waals surface area contributed by atoms with Gasteiger partial charge >= 0.3 is 0 Å². The van der Waals surface area contributed by atoms with Crippen LogP contribution in [-0.2, 0) is 0 Å². The number of rotatable bonds is 8. The molecule has 0 aromatic rings. The Kier molecular flexibility index (Phi) is 8.46. The highest BCUT2D eigenvalue weighted by atomic mass is 16.3. The molecule has 2 heteroatoms. The molecule has 0 rings (SSSR count). The topological polar surface area (TPSA) is 23.5 Å². The Morgan fingerprint density at radius 3 is 2.23 bits per heavy atom. The van der Waals surface area contributed by atoms with Crippen LogP contribution in [0, 0.1) is 0 Å². The molecule has 1 N–H and O–H groups in total. The van der Waals surface area contributed by atoms with Crippen molar-refractivity contribution in [2.45, 2.75) is 51.5 Å². The van der Waals surface area contributed by atoms with Crippen LogP contribution < -0.4 is 0 Å². The van der Waals surface area contributed by atoms with Gasteiger partial charge in [0.05, 0.1) is 0 Å². The highest BCUT2D eigenvalue weighted by molar-refractivity contribution is 4.65. The summed E-state index contributed by atoms with van der Waals surface area (Å²) in [7, 11) is 4.19. The van der Waals surface area contributed by atoms with Crippen LogP contribution >= 0.6 is 0 Å². The normalized spacial score (nSPS) is 13.6. The molecule has 0 aromatic heterocycles. The van der Waals surface area contributed by atoms with Gasteiger partial charge < -0.3 is 10.0 Å². The zero-order chi connectivity index (χ0) is 10.1. The molecule has 0 aliphatic heterocycles. The summed E-state index contributed by atoms with van der Waals surface area (Å²) in [5.74, 6) is 0. The molecule has 0 bridgehead atoms. The smallest absolute Gasteiger partial charge is 0.0445 e. The fraction of sp³-hybridized carbons (Fsp3) is 1.00. The van der Waals surface area contributed by atoms with Crippen LogP contribution in [0.4, 0.5) is 0 Å². The van der Waals surface area contributed by atoms with Crippen molar-refractivity contribution < 1.29 is 5.11 Å². The van der Waals surface area contributed by atoms with Gasteiger partial charge in [0.25, 0.3) is 0 Å². The van der Waals surface area contributed by atoms with Gasteiger partial charge in [0.1, 0.15) is 0 Å². The number of aliphatic hydroxyl groups is 1. The van der Waals surface area contributed by atoms with E-state index in [0.29, 0.717) is 12.6 Å². The van der Waals surface area contributed by atoms with E-state index >= 15 is 0 Å². The maximum Gasteiger partial charge on any atom is 0.0445 e. The molecule has 0 heterocycles. The monoisotopic (exact) mass is 187 g/mol. The Hall–Kier alpha value is -0.0800. The van der Waals surface area contributed by atoms with Gasteiger partial charge in [-0.1, -0.05) is 32.6 Å². The average Bonchev–Trinajstić information content (AvgIpc) is 2.10. The van der Waals surface area contributed by atoms with Gasteiger partial charge in [0.15, 0.2) is 0 Å². The first kappa shape index (κ1) is 12.9. The highest BCUT2D eigenvalue weighted by Crippen LogP contribution is 2.11. The molecule has 0 saturated carbocycles. The third-order valence-corrected chi connectivity index (χ3v) is 2.58. The fourth-order valence-corrected chi connectivity index (χ4v) is 1.62. The fourth-order valence-electron chi connectivity index (χ4n) is 1.62. The quantitative estimate of drug-likeness (QED) is 0.589. The van der Waals surface area contributed by atoms with Crippen molar-refractivity contribution in [3.05, 3.63) is 0 Å². The third kappa shape index (κ3) is 7.03. The second-order valence-corrected chi connectivity index (χ2v) is 3.98. The first-order valence-corrected chi connectivity index (χ1v) is 5.49. The zero-order valence-electron chi connectivity index (χ0n) is 9.42. The molecule has 0 aromatic carbocycles. The van der Waals surface area contributed by atoms with Crippen LogP contribution in [0.2, 0.25) is 0 Å². The minimum atomic E-state index is 0.316. The molecule has 80 valence electrons. The van der Waals surface area contributed by atoms with Gasteiger partial charge in [-0.25, -0.2) is 0 Å². The average molecular weight is 187 g/mol. The van der Waals surface area contributed by atoms with Gasteiger partial charge in [-0.3, -0.25) is 0 Å². The molecule has 0 spiro atoms. The molecule has 13 heavy (non-hydrogen) atoms. The SMILES string of the molecule is CCCCCCC(CCO)N(C)C. The van der Waals surface area contributed by atoms with Gasteiger partial charge in [-0.2, -0.15) is 0 Å². The minimum Gasteiger partial charge on any atom is -0.396 e. The van der Waals surface area contributed by atoms with Crippen molar-refractivity contribution in [1.82, 2.24) is 4.90 Å². The maximum atomic E-state index is 8.86. The summed E-state index contributed by atoms with van der Waals surface area (Å²) in [4.78, 5) is 2.22. The lowest BCUT2D eigenvalue weighted by atomic mass is 10.0. The highest BCUT2D eigenvalue weighted by Gasteiger charge is 2.09. The predicted molar refractivity (Wildman–Crippen MR) is 57.9 cm³/mol. The van der Waals surface area contributed by atoms with Gasteiger partial charge in [-0.05, 0) is 26.9 Å². The second-order valence-electron chi connectivity index (χ2n) is 3.98. The molecule has 1 unspecified atom stereocenters. The van der Waals surface area contributed by atoms with Crippen molar-refractivity contribution in [3.8, 4) is 0 Å². The van der Waals surface area contributed by atoms with Crippen LogP contribution in [0.3, 0.4) is 0 Å². The molecule has 0 aliphatic rings. The van der Waals surface area contributed by atoms with Crippen molar-refractivity contribution in [1.29, 1.82) is 0 Å². The van der Waals surface area contributed by atoms with E-state index in [-0.39, 0.29) is 0 Å². The Bertz CT molecular complexity index is 104. The maximum absolute atomic E-state index is 8.86. The second kappa shape index (κ2) is 8.52. The Balaban J connectivity index is 3.45. The first-order chi connectivity index (χ1) is 6.22. The molecule has 0 radical (unpaired) electrons. The van der Waals surface area contributed by atoms with E-state index in [2.05, 4.69) is 25.9 Å². The van der Waals surface area contributed by atoms with Crippen LogP contribution in [-0.4, -0.2) is 36.8 Å². The number of unbranched alkanes of at least 4 members (excludes halogenated alkanes) is 3. The molecule has 0 saturated heterocycles. The molecule has 1 atom stereocenters. The summed E-state index contributed by atoms with van der Waals surface area (Å²) in [5, 5.41) is 8.86. The van der Waals surface area contributed by atoms with Crippen LogP contribution in [0.5, 0.6) is 0 Å². The summed E-state index contributed by atoms with van der Waals surface area (Å²) in [6.07, 6.45) is 7.43. The van der Waals surface area contributed by atoms with Crippen LogP contribution in [0.15, 0.2) is 0 Å². The number of nitrogens with zero attached hydrogens (tertiary/aromatic N) is 1. The lowest BCUT2D eigenvalue weighted by Crippen LogP contribution is -2.28. The lowest BCUT2D eigenvalue weighted by Gasteiger charge is -2.23. The van der Waals surface area contributed by atoms with Gasteiger partial charge in [-0.15, -0.1) is 0 Å². The Morgan fingerprint density at radius 2 is 1.77 bits per heavy atom. The molecule has 0 amide bonds. The van der Waals surface area contributed by atoms with E-state index in [1.165, 1.54) is 32.1 Å². The number of hydrogen-bond donors (Lipinski definition) is 1. The minimum absolute atomic E-state index is 0.316. The molecule has 2 nitrogen and oxygen atoms in total. The van der Waals surface area contributed by atoms with Crippen LogP contribution in [0.25, 0.3) is 0 Å². The van der Waals surface area contributed by atoms with Gasteiger partial charge in [0.2, 0.25) is 0 Å². The van der Waals surface area contributed by atoms with E-state index in [1.807, 2.05) is 0 Å². The summed E-state index contributed by atoms with van der Waals surface area (Å²) < 4.78 is 0. The van der Waals surface area contributed by atoms with Crippen molar-refractivity contribution in [2.75, 3.05) is 20.7 Å². The zero-order valence-corrected chi connectivity index (χ0v) is 9.42. The largest absolute Gasteiger partial charge is 0.396 e. The Labute approximate surface area is 82.9 Å². The summed E-state index contributed by atoms with van der Waals surface area (Å²) in [6.45, 7) is 2.55. The standard InChI is InChI=1S/C11H25NO/c1-4-5-6-7-8-11(9-10-13)12(2)3/h11,13H,4-10H2,1-3H3. The van der Waals surface area contributed by atoms with Crippen molar-refractivity contribution in [3.63, 3.8) is 0 Å². The number of aliphatic hydroxyl groups excluding tert-OH is 1. The summed E-state index contributed by atoms with van der Waals surface area (Å²) in [6, 6.07) is 0.571. The van der Waals surface area contributed by atoms with E-state index < -0.39 is 0 Å². The van der Waals surface area contributed by atoms with E-state index in [1.54, 1.807) is 0 Å². The summed E-state index contributed by atoms with van der Waals surface area (Å²) >= 11 is 0. The molecule has 0 aliphatic carbocycles. The molecular formula is C11H25NO. The third-order valence-electron chi connectivity index (χ3n) is 2.58. The van der Waals surface area contributed by atoms with Gasteiger partial charge in [0, 0.05) is 12.6 Å². The van der Waals surface area contributed by atoms with Crippen molar-refractivity contribution >= 4 is 0 Å². The van der Waals surface area contributed by atoms with E-state index in [0.717, 1.165) is 6.42 Å². The van der Waals surface area contributed by atoms with Crippen molar-refractivity contribution in [2.24, 2.45) is 0 Å². The Morgan fingerprint density at radius 1 is 1.08 bits per heavy atom. The first-order valence-electron chi connectivity index (χ1n) is 5.49. The predicted octanol–water partition coefficient (Wildman–Crippen LogP) is 2.27.